The summed E-state index contributed by atoms with van der Waals surface area (Å²) in [5.41, 5.74) is -0.1000. The molecule has 92 valence electrons. The summed E-state index contributed by atoms with van der Waals surface area (Å²) in [4.78, 5) is 10.8. The zero-order valence-corrected chi connectivity index (χ0v) is 10.7. The van der Waals surface area contributed by atoms with E-state index in [1.165, 1.54) is 25.0 Å². The summed E-state index contributed by atoms with van der Waals surface area (Å²) in [6, 6.07) is 2.69. The van der Waals surface area contributed by atoms with Gasteiger partial charge in [0.25, 0.3) is 0 Å². The number of carboxylic acid groups (broad SMARTS) is 1. The highest BCUT2D eigenvalue weighted by Crippen LogP contribution is 2.33. The maximum atomic E-state index is 13.7. The molecule has 3 nitrogen and oxygen atoms in total. The number of ether oxygens (including phenoxy) is 1. The largest absolute Gasteiger partial charge is 0.490 e. The Bertz CT molecular complexity index is 444. The minimum absolute atomic E-state index is 0.0612. The fourth-order valence-electron chi connectivity index (χ4n) is 1.55. The van der Waals surface area contributed by atoms with Crippen molar-refractivity contribution >= 4 is 21.9 Å². The average molecular weight is 303 g/mol. The number of rotatable bonds is 5. The predicted molar refractivity (Wildman–Crippen MR) is 63.9 cm³/mol. The van der Waals surface area contributed by atoms with Crippen molar-refractivity contribution in [1.29, 1.82) is 0 Å². The van der Waals surface area contributed by atoms with E-state index in [4.69, 9.17) is 9.84 Å². The topological polar surface area (TPSA) is 46.5 Å². The van der Waals surface area contributed by atoms with E-state index >= 15 is 0 Å². The molecule has 1 aliphatic rings. The molecular formula is C12H12BrFO3. The molecule has 1 aromatic rings. The second kappa shape index (κ2) is 5.04. The Morgan fingerprint density at radius 3 is 2.82 bits per heavy atom. The van der Waals surface area contributed by atoms with Crippen molar-refractivity contribution in [2.45, 2.75) is 19.3 Å². The third-order valence-electron chi connectivity index (χ3n) is 2.76. The van der Waals surface area contributed by atoms with Gasteiger partial charge in [0.15, 0.2) is 11.6 Å². The molecule has 0 spiro atoms. The van der Waals surface area contributed by atoms with Crippen LogP contribution in [0, 0.1) is 11.7 Å². The third kappa shape index (κ3) is 2.97. The van der Waals surface area contributed by atoms with Crippen LogP contribution in [0.4, 0.5) is 4.39 Å². The molecule has 0 bridgehead atoms. The number of benzene rings is 1. The van der Waals surface area contributed by atoms with Gasteiger partial charge in [-0.1, -0.05) is 12.8 Å². The van der Waals surface area contributed by atoms with Crippen LogP contribution in [-0.4, -0.2) is 17.7 Å². The van der Waals surface area contributed by atoms with Gasteiger partial charge < -0.3 is 9.84 Å². The van der Waals surface area contributed by atoms with E-state index in [0.29, 0.717) is 6.61 Å². The van der Waals surface area contributed by atoms with Gasteiger partial charge >= 0.3 is 5.97 Å². The Morgan fingerprint density at radius 1 is 1.53 bits per heavy atom. The Kier molecular flexibility index (Phi) is 3.66. The minimum atomic E-state index is -1.17. The average Bonchev–Trinajstić information content (AvgIpc) is 3.08. The highest BCUT2D eigenvalue weighted by Gasteiger charge is 2.21. The predicted octanol–water partition coefficient (Wildman–Crippen LogP) is 3.47. The van der Waals surface area contributed by atoms with Gasteiger partial charge in [0, 0.05) is 0 Å². The molecule has 1 fully saturated rings. The van der Waals surface area contributed by atoms with E-state index in [-0.39, 0.29) is 15.8 Å². The lowest BCUT2D eigenvalue weighted by molar-refractivity contribution is 0.0695. The minimum Gasteiger partial charge on any atom is -0.490 e. The van der Waals surface area contributed by atoms with Gasteiger partial charge in [0.1, 0.15) is 0 Å². The van der Waals surface area contributed by atoms with E-state index in [9.17, 15) is 9.18 Å². The molecule has 0 amide bonds. The second-order valence-electron chi connectivity index (χ2n) is 4.12. The van der Waals surface area contributed by atoms with Crippen LogP contribution < -0.4 is 4.74 Å². The van der Waals surface area contributed by atoms with Gasteiger partial charge in [-0.25, -0.2) is 9.18 Å². The lowest BCUT2D eigenvalue weighted by atomic mass is 10.2. The van der Waals surface area contributed by atoms with Crippen molar-refractivity contribution < 1.29 is 19.0 Å². The Hall–Kier alpha value is -1.10. The summed E-state index contributed by atoms with van der Waals surface area (Å²) in [6.45, 7) is 0.473. The molecule has 1 aromatic carbocycles. The monoisotopic (exact) mass is 302 g/mol. The first kappa shape index (κ1) is 12.4. The van der Waals surface area contributed by atoms with Crippen molar-refractivity contribution in [3.8, 4) is 5.75 Å². The highest BCUT2D eigenvalue weighted by atomic mass is 79.9. The van der Waals surface area contributed by atoms with Crippen LogP contribution >= 0.6 is 15.9 Å². The van der Waals surface area contributed by atoms with Crippen molar-refractivity contribution in [3.05, 3.63) is 28.0 Å². The van der Waals surface area contributed by atoms with Crippen LogP contribution in [0.3, 0.4) is 0 Å². The Labute approximate surface area is 107 Å². The molecule has 0 saturated heterocycles. The van der Waals surface area contributed by atoms with E-state index in [2.05, 4.69) is 15.9 Å². The van der Waals surface area contributed by atoms with E-state index in [1.807, 2.05) is 0 Å². The molecule has 17 heavy (non-hydrogen) atoms. The molecule has 1 saturated carbocycles. The lowest BCUT2D eigenvalue weighted by Crippen LogP contribution is -2.04. The summed E-state index contributed by atoms with van der Waals surface area (Å²) >= 11 is 2.93. The van der Waals surface area contributed by atoms with Gasteiger partial charge in [-0.3, -0.25) is 0 Å². The summed E-state index contributed by atoms with van der Waals surface area (Å²) in [5.74, 6) is -0.997. The lowest BCUT2D eigenvalue weighted by Gasteiger charge is -2.09. The van der Waals surface area contributed by atoms with Crippen LogP contribution in [0.2, 0.25) is 0 Å². The molecule has 0 aliphatic heterocycles. The van der Waals surface area contributed by atoms with Gasteiger partial charge in [-0.2, -0.15) is 0 Å². The first-order valence-corrected chi connectivity index (χ1v) is 6.23. The summed E-state index contributed by atoms with van der Waals surface area (Å²) in [6.07, 6.45) is 3.39. The zero-order valence-electron chi connectivity index (χ0n) is 9.08. The van der Waals surface area contributed by atoms with E-state index in [1.54, 1.807) is 0 Å². The van der Waals surface area contributed by atoms with Crippen LogP contribution in [0.1, 0.15) is 29.6 Å². The number of halogens is 2. The van der Waals surface area contributed by atoms with Crippen LogP contribution in [0.15, 0.2) is 16.6 Å². The molecule has 0 radical (unpaired) electrons. The first-order valence-electron chi connectivity index (χ1n) is 5.43. The number of hydrogen-bond donors (Lipinski definition) is 1. The smallest absolute Gasteiger partial charge is 0.336 e. The molecule has 0 atom stereocenters. The summed E-state index contributed by atoms with van der Waals surface area (Å²) < 4.78 is 19.0. The molecule has 0 aromatic heterocycles. The first-order chi connectivity index (χ1) is 8.09. The fourth-order valence-corrected chi connectivity index (χ4v) is 2.05. The zero-order chi connectivity index (χ0) is 12.4. The van der Waals surface area contributed by atoms with Crippen molar-refractivity contribution in [1.82, 2.24) is 0 Å². The molecular weight excluding hydrogens is 291 g/mol. The standard InChI is InChI=1S/C12H12BrFO3/c13-10-8(12(15)16)3-4-9(11(10)14)17-6-5-7-1-2-7/h3-4,7H,1-2,5-6H2,(H,15,16). The summed E-state index contributed by atoms with van der Waals surface area (Å²) in [5, 5.41) is 8.80. The highest BCUT2D eigenvalue weighted by molar-refractivity contribution is 9.10. The third-order valence-corrected chi connectivity index (χ3v) is 3.53. The Morgan fingerprint density at radius 2 is 2.24 bits per heavy atom. The molecule has 2 rings (SSSR count). The van der Waals surface area contributed by atoms with Crippen LogP contribution in [-0.2, 0) is 0 Å². The molecule has 0 heterocycles. The van der Waals surface area contributed by atoms with Crippen molar-refractivity contribution in [2.75, 3.05) is 6.61 Å². The van der Waals surface area contributed by atoms with Gasteiger partial charge in [0.05, 0.1) is 16.6 Å². The van der Waals surface area contributed by atoms with E-state index < -0.39 is 11.8 Å². The SMILES string of the molecule is O=C(O)c1ccc(OCCC2CC2)c(F)c1Br. The number of hydrogen-bond acceptors (Lipinski definition) is 2. The van der Waals surface area contributed by atoms with Crippen molar-refractivity contribution in [2.24, 2.45) is 5.92 Å². The summed E-state index contributed by atoms with van der Waals surface area (Å²) in [7, 11) is 0. The maximum Gasteiger partial charge on any atom is 0.336 e. The molecule has 5 heteroatoms. The van der Waals surface area contributed by atoms with Gasteiger partial charge in [-0.05, 0) is 40.4 Å². The van der Waals surface area contributed by atoms with Crippen LogP contribution in [0.25, 0.3) is 0 Å². The Balaban J connectivity index is 2.06. The van der Waals surface area contributed by atoms with Crippen LogP contribution in [0.5, 0.6) is 5.75 Å². The van der Waals surface area contributed by atoms with E-state index in [0.717, 1.165) is 12.3 Å². The molecule has 1 aliphatic carbocycles. The number of carbonyl (C=O) groups is 1. The maximum absolute atomic E-state index is 13.7. The second-order valence-corrected chi connectivity index (χ2v) is 4.92. The number of carboxylic acids is 1. The quantitative estimate of drug-likeness (QED) is 0.906. The fraction of sp³-hybridized carbons (Fsp3) is 0.417. The van der Waals surface area contributed by atoms with Gasteiger partial charge in [0.2, 0.25) is 0 Å². The number of aromatic carboxylic acids is 1. The van der Waals surface area contributed by atoms with Gasteiger partial charge in [-0.15, -0.1) is 0 Å². The normalized spacial score (nSPS) is 14.7. The molecule has 0 unspecified atom stereocenters. The van der Waals surface area contributed by atoms with Crippen molar-refractivity contribution in [3.63, 3.8) is 0 Å². The molecule has 1 N–H and O–H groups in total.